The van der Waals surface area contributed by atoms with Gasteiger partial charge in [0.2, 0.25) is 0 Å². The SMILES string of the molecule is CC(=O)OCC=C(C)CCC1C(COC(C)=O)=CCC2C(C)(C)CCCC12C. The van der Waals surface area contributed by atoms with Crippen LogP contribution in [0.15, 0.2) is 23.3 Å². The Balaban J connectivity index is 2.18. The van der Waals surface area contributed by atoms with E-state index in [2.05, 4.69) is 33.8 Å². The number of carbonyl (C=O) groups excluding carboxylic acids is 2. The first-order valence-corrected chi connectivity index (χ1v) is 10.7. The van der Waals surface area contributed by atoms with E-state index in [4.69, 9.17) is 9.47 Å². The van der Waals surface area contributed by atoms with Gasteiger partial charge in [-0.1, -0.05) is 38.8 Å². The third kappa shape index (κ3) is 5.48. The van der Waals surface area contributed by atoms with Crippen molar-refractivity contribution in [3.05, 3.63) is 23.3 Å². The summed E-state index contributed by atoms with van der Waals surface area (Å²) in [7, 11) is 0. The molecule has 158 valence electrons. The highest BCUT2D eigenvalue weighted by Gasteiger charge is 2.52. The molecule has 0 amide bonds. The number of hydrogen-bond donors (Lipinski definition) is 0. The molecule has 4 heteroatoms. The minimum atomic E-state index is -0.247. The molecule has 0 heterocycles. The van der Waals surface area contributed by atoms with Crippen LogP contribution in [-0.4, -0.2) is 25.2 Å². The van der Waals surface area contributed by atoms with E-state index in [-0.39, 0.29) is 17.4 Å². The van der Waals surface area contributed by atoms with Gasteiger partial charge in [-0.15, -0.1) is 0 Å². The van der Waals surface area contributed by atoms with Crippen LogP contribution >= 0.6 is 0 Å². The standard InChI is InChI=1S/C24H38O4/c1-17(12-15-27-18(2)25)8-10-21-20(16-28-19(3)26)9-11-22-23(4,5)13-7-14-24(21,22)6/h9,12,21-22H,7-8,10-11,13-16H2,1-6H3. The van der Waals surface area contributed by atoms with E-state index in [1.165, 1.54) is 44.3 Å². The van der Waals surface area contributed by atoms with Crippen molar-refractivity contribution in [1.82, 2.24) is 0 Å². The summed E-state index contributed by atoms with van der Waals surface area (Å²) in [5.74, 6) is 0.614. The molecule has 0 aromatic carbocycles. The Labute approximate surface area is 170 Å². The zero-order chi connectivity index (χ0) is 20.9. The van der Waals surface area contributed by atoms with Gasteiger partial charge in [0.05, 0.1) is 0 Å². The van der Waals surface area contributed by atoms with E-state index in [9.17, 15) is 9.59 Å². The molecule has 3 atom stereocenters. The molecular formula is C24H38O4. The molecule has 1 fully saturated rings. The molecule has 3 unspecified atom stereocenters. The first kappa shape index (κ1) is 22.7. The minimum Gasteiger partial charge on any atom is -0.462 e. The Bertz CT molecular complexity index is 643. The summed E-state index contributed by atoms with van der Waals surface area (Å²) in [5, 5.41) is 0. The Kier molecular flexibility index (Phi) is 7.52. The van der Waals surface area contributed by atoms with Crippen molar-refractivity contribution in [2.75, 3.05) is 13.2 Å². The molecule has 0 bridgehead atoms. The Hall–Kier alpha value is -1.58. The van der Waals surface area contributed by atoms with Gasteiger partial charge in [-0.3, -0.25) is 9.59 Å². The quantitative estimate of drug-likeness (QED) is 0.418. The normalized spacial score (nSPS) is 29.5. The summed E-state index contributed by atoms with van der Waals surface area (Å²) in [4.78, 5) is 22.4. The van der Waals surface area contributed by atoms with Crippen molar-refractivity contribution in [3.8, 4) is 0 Å². The highest BCUT2D eigenvalue weighted by molar-refractivity contribution is 5.66. The van der Waals surface area contributed by atoms with E-state index in [0.717, 1.165) is 19.3 Å². The third-order valence-electron chi connectivity index (χ3n) is 7.12. The largest absolute Gasteiger partial charge is 0.462 e. The van der Waals surface area contributed by atoms with Crippen LogP contribution in [0.3, 0.4) is 0 Å². The molecule has 2 aliphatic carbocycles. The number of carbonyl (C=O) groups is 2. The molecule has 1 saturated carbocycles. The van der Waals surface area contributed by atoms with Crippen LogP contribution in [0.1, 0.15) is 80.1 Å². The zero-order valence-corrected chi connectivity index (χ0v) is 18.6. The number of hydrogen-bond acceptors (Lipinski definition) is 4. The fraction of sp³-hybridized carbons (Fsp3) is 0.750. The number of allylic oxidation sites excluding steroid dienone is 2. The van der Waals surface area contributed by atoms with Gasteiger partial charge in [0.15, 0.2) is 0 Å². The smallest absolute Gasteiger partial charge is 0.302 e. The van der Waals surface area contributed by atoms with Crippen molar-refractivity contribution in [3.63, 3.8) is 0 Å². The van der Waals surface area contributed by atoms with Crippen molar-refractivity contribution in [1.29, 1.82) is 0 Å². The second-order valence-electron chi connectivity index (χ2n) is 9.64. The second kappa shape index (κ2) is 9.28. The second-order valence-corrected chi connectivity index (χ2v) is 9.64. The monoisotopic (exact) mass is 390 g/mol. The maximum atomic E-state index is 11.4. The molecule has 4 nitrogen and oxygen atoms in total. The Morgan fingerprint density at radius 2 is 1.79 bits per heavy atom. The average molecular weight is 391 g/mol. The van der Waals surface area contributed by atoms with Gasteiger partial charge in [-0.2, -0.15) is 0 Å². The molecular weight excluding hydrogens is 352 g/mol. The molecule has 0 aliphatic heterocycles. The van der Waals surface area contributed by atoms with Gasteiger partial charge in [-0.05, 0) is 73.3 Å². The fourth-order valence-electron chi connectivity index (χ4n) is 5.64. The van der Waals surface area contributed by atoms with E-state index in [0.29, 0.717) is 30.5 Å². The molecule has 0 spiro atoms. The lowest BCUT2D eigenvalue weighted by Crippen LogP contribution is -2.49. The molecule has 0 N–H and O–H groups in total. The highest BCUT2D eigenvalue weighted by atomic mass is 16.5. The molecule has 28 heavy (non-hydrogen) atoms. The van der Waals surface area contributed by atoms with Gasteiger partial charge >= 0.3 is 11.9 Å². The van der Waals surface area contributed by atoms with Crippen LogP contribution in [0.5, 0.6) is 0 Å². The average Bonchev–Trinajstić information content (AvgIpc) is 2.57. The first-order chi connectivity index (χ1) is 13.1. The van der Waals surface area contributed by atoms with Crippen molar-refractivity contribution >= 4 is 11.9 Å². The first-order valence-electron chi connectivity index (χ1n) is 10.7. The lowest BCUT2D eigenvalue weighted by Gasteiger charge is -2.57. The highest BCUT2D eigenvalue weighted by Crippen LogP contribution is 2.60. The van der Waals surface area contributed by atoms with Crippen LogP contribution < -0.4 is 0 Å². The van der Waals surface area contributed by atoms with Gasteiger partial charge in [0.25, 0.3) is 0 Å². The van der Waals surface area contributed by atoms with Gasteiger partial charge < -0.3 is 9.47 Å². The van der Waals surface area contributed by atoms with E-state index in [1.54, 1.807) is 0 Å². The van der Waals surface area contributed by atoms with Crippen LogP contribution in [0, 0.1) is 22.7 Å². The Morgan fingerprint density at radius 3 is 2.43 bits per heavy atom. The predicted octanol–water partition coefficient (Wildman–Crippen LogP) is 5.62. The zero-order valence-electron chi connectivity index (χ0n) is 18.6. The van der Waals surface area contributed by atoms with E-state index >= 15 is 0 Å². The maximum Gasteiger partial charge on any atom is 0.302 e. The van der Waals surface area contributed by atoms with Crippen molar-refractivity contribution in [2.45, 2.75) is 80.1 Å². The van der Waals surface area contributed by atoms with Gasteiger partial charge in [0.1, 0.15) is 13.2 Å². The fourth-order valence-corrected chi connectivity index (χ4v) is 5.64. The number of esters is 2. The number of rotatable bonds is 7. The van der Waals surface area contributed by atoms with E-state index < -0.39 is 0 Å². The number of ether oxygens (including phenoxy) is 2. The minimum absolute atomic E-state index is 0.214. The summed E-state index contributed by atoms with van der Waals surface area (Å²) >= 11 is 0. The molecule has 0 aromatic heterocycles. The summed E-state index contributed by atoms with van der Waals surface area (Å²) in [6.07, 6.45) is 11.2. The summed E-state index contributed by atoms with van der Waals surface area (Å²) in [5.41, 5.74) is 3.12. The Morgan fingerprint density at radius 1 is 1.11 bits per heavy atom. The number of fused-ring (bicyclic) bond motifs is 1. The lowest BCUT2D eigenvalue weighted by molar-refractivity contribution is -0.141. The molecule has 0 saturated heterocycles. The van der Waals surface area contributed by atoms with Crippen molar-refractivity contribution in [2.24, 2.45) is 22.7 Å². The van der Waals surface area contributed by atoms with Crippen LogP contribution in [-0.2, 0) is 19.1 Å². The molecule has 2 aliphatic rings. The van der Waals surface area contributed by atoms with Gasteiger partial charge in [-0.25, -0.2) is 0 Å². The summed E-state index contributed by atoms with van der Waals surface area (Å²) in [6, 6.07) is 0. The summed E-state index contributed by atoms with van der Waals surface area (Å²) in [6.45, 7) is 13.1. The maximum absolute atomic E-state index is 11.4. The predicted molar refractivity (Wildman–Crippen MR) is 112 cm³/mol. The molecule has 0 radical (unpaired) electrons. The van der Waals surface area contributed by atoms with E-state index in [1.807, 2.05) is 6.08 Å². The third-order valence-corrected chi connectivity index (χ3v) is 7.12. The van der Waals surface area contributed by atoms with Crippen molar-refractivity contribution < 1.29 is 19.1 Å². The topological polar surface area (TPSA) is 52.6 Å². The van der Waals surface area contributed by atoms with Gasteiger partial charge in [0, 0.05) is 13.8 Å². The molecule has 2 rings (SSSR count). The summed E-state index contributed by atoms with van der Waals surface area (Å²) < 4.78 is 10.4. The van der Waals surface area contributed by atoms with Crippen LogP contribution in [0.25, 0.3) is 0 Å². The lowest BCUT2D eigenvalue weighted by atomic mass is 9.48. The van der Waals surface area contributed by atoms with Crippen LogP contribution in [0.2, 0.25) is 0 Å². The molecule has 0 aromatic rings. The van der Waals surface area contributed by atoms with Crippen LogP contribution in [0.4, 0.5) is 0 Å².